The van der Waals surface area contributed by atoms with Gasteiger partial charge in [-0.3, -0.25) is 19.4 Å². The maximum absolute atomic E-state index is 14.7. The van der Waals surface area contributed by atoms with Crippen LogP contribution in [-0.2, 0) is 11.3 Å². The minimum atomic E-state index is -0.551. The third kappa shape index (κ3) is 6.53. The Balaban J connectivity index is 0.00000171. The number of carbonyl (C=O) groups is 1. The Morgan fingerprint density at radius 2 is 1.89 bits per heavy atom. The normalized spacial score (nSPS) is 20.1. The van der Waals surface area contributed by atoms with Crippen LogP contribution in [0.2, 0.25) is 0 Å². The highest BCUT2D eigenvalue weighted by Crippen LogP contribution is 2.39. The van der Waals surface area contributed by atoms with Crippen LogP contribution in [0.4, 0.5) is 4.39 Å². The van der Waals surface area contributed by atoms with E-state index in [0.29, 0.717) is 25.2 Å². The maximum atomic E-state index is 14.7. The largest absolute Gasteiger partial charge is 0.297 e. The first-order valence-corrected chi connectivity index (χ1v) is 11.9. The third-order valence-electron chi connectivity index (χ3n) is 6.36. The van der Waals surface area contributed by atoms with Gasteiger partial charge in [0.15, 0.2) is 5.78 Å². The van der Waals surface area contributed by atoms with Crippen LogP contribution in [0, 0.1) is 11.7 Å². The number of aromatic nitrogens is 3. The van der Waals surface area contributed by atoms with Crippen LogP contribution in [0.25, 0.3) is 6.08 Å². The fourth-order valence-electron chi connectivity index (χ4n) is 4.46. The van der Waals surface area contributed by atoms with E-state index in [1.54, 1.807) is 18.3 Å². The quantitative estimate of drug-likeness (QED) is 0.411. The zero-order valence-corrected chi connectivity index (χ0v) is 21.7. The molecule has 5 nitrogen and oxygen atoms in total. The van der Waals surface area contributed by atoms with Crippen LogP contribution in [-0.4, -0.2) is 43.8 Å². The molecule has 1 saturated carbocycles. The van der Waals surface area contributed by atoms with Gasteiger partial charge in [0.05, 0.1) is 24.0 Å². The minimum absolute atomic E-state index is 0. The van der Waals surface area contributed by atoms with Gasteiger partial charge in [-0.2, -0.15) is 17.7 Å². The van der Waals surface area contributed by atoms with Crippen LogP contribution in [0.5, 0.6) is 0 Å². The summed E-state index contributed by atoms with van der Waals surface area (Å²) in [5.74, 6) is -0.127. The third-order valence-corrected chi connectivity index (χ3v) is 6.95. The Labute approximate surface area is 223 Å². The molecule has 1 aliphatic carbocycles. The molecule has 0 amide bonds. The van der Waals surface area contributed by atoms with E-state index in [-0.39, 0.29) is 47.6 Å². The number of carbonyl (C=O) groups excluding carboxylic acids is 1. The second kappa shape index (κ2) is 12.2. The van der Waals surface area contributed by atoms with Gasteiger partial charge in [-0.25, -0.2) is 4.39 Å². The Hall–Kier alpha value is -2.19. The highest BCUT2D eigenvalue weighted by Gasteiger charge is 2.40. The molecule has 5 rings (SSSR count). The molecule has 9 heteroatoms. The summed E-state index contributed by atoms with van der Waals surface area (Å²) in [6, 6.07) is 13.9. The SMILES string of the molecule is Cl.Cl.O=C(C1CC1)C(c1ccccc1F)N1CCC(S)/C(=C/c2ccn(Cc3ccccn3)n2)C1. The fourth-order valence-corrected chi connectivity index (χ4v) is 4.73. The van der Waals surface area contributed by atoms with E-state index in [4.69, 9.17) is 12.6 Å². The molecule has 0 spiro atoms. The Morgan fingerprint density at radius 3 is 2.60 bits per heavy atom. The number of likely N-dealkylation sites (tertiary alicyclic amines) is 1. The van der Waals surface area contributed by atoms with Gasteiger partial charge < -0.3 is 0 Å². The lowest BCUT2D eigenvalue weighted by Crippen LogP contribution is -2.42. The van der Waals surface area contributed by atoms with Gasteiger partial charge in [0.25, 0.3) is 0 Å². The molecule has 186 valence electrons. The van der Waals surface area contributed by atoms with Crippen LogP contribution in [0.3, 0.4) is 0 Å². The van der Waals surface area contributed by atoms with Gasteiger partial charge >= 0.3 is 0 Å². The molecule has 1 aliphatic heterocycles. The monoisotopic (exact) mass is 534 g/mol. The lowest BCUT2D eigenvalue weighted by atomic mass is 9.93. The molecular formula is C26H29Cl2FN4OS. The van der Waals surface area contributed by atoms with Crippen molar-refractivity contribution < 1.29 is 9.18 Å². The summed E-state index contributed by atoms with van der Waals surface area (Å²) in [5.41, 5.74) is 3.36. The van der Waals surface area contributed by atoms with Gasteiger partial charge in [-0.15, -0.1) is 24.8 Å². The molecule has 2 fully saturated rings. The van der Waals surface area contributed by atoms with E-state index in [9.17, 15) is 9.18 Å². The standard InChI is InChI=1S/C26H27FN4OS.2ClH/c27-23-7-2-1-6-22(23)25(26(32)18-8-9-18)30-13-11-24(33)19(16-30)15-20-10-14-31(29-20)17-21-5-3-4-12-28-21;;/h1-7,10,12,14-15,18,24-25,33H,8-9,11,13,16-17H2;2*1H/b19-15+;;. The molecule has 3 heterocycles. The van der Waals surface area contributed by atoms with Crippen molar-refractivity contribution in [2.45, 2.75) is 37.1 Å². The Morgan fingerprint density at radius 1 is 1.11 bits per heavy atom. The van der Waals surface area contributed by atoms with E-state index in [0.717, 1.165) is 36.2 Å². The molecule has 1 aromatic carbocycles. The van der Waals surface area contributed by atoms with E-state index in [1.807, 2.05) is 41.2 Å². The summed E-state index contributed by atoms with van der Waals surface area (Å²) in [7, 11) is 0. The molecule has 2 aromatic heterocycles. The molecule has 35 heavy (non-hydrogen) atoms. The van der Waals surface area contributed by atoms with Gasteiger partial charge in [0.2, 0.25) is 0 Å². The summed E-state index contributed by atoms with van der Waals surface area (Å²) >= 11 is 4.80. The molecule has 0 bridgehead atoms. The molecule has 1 saturated heterocycles. The predicted octanol–water partition coefficient (Wildman–Crippen LogP) is 5.42. The number of ketones is 1. The number of thiol groups is 1. The highest BCUT2D eigenvalue weighted by atomic mass is 35.5. The summed E-state index contributed by atoms with van der Waals surface area (Å²) in [6.45, 7) is 1.88. The second-order valence-electron chi connectivity index (χ2n) is 8.85. The summed E-state index contributed by atoms with van der Waals surface area (Å²) < 4.78 is 16.6. The number of halogens is 3. The minimum Gasteiger partial charge on any atom is -0.297 e. The van der Waals surface area contributed by atoms with Gasteiger partial charge in [-0.05, 0) is 55.2 Å². The number of rotatable bonds is 7. The van der Waals surface area contributed by atoms with Gasteiger partial charge in [0.1, 0.15) is 5.82 Å². The average molecular weight is 536 g/mol. The van der Waals surface area contributed by atoms with Crippen molar-refractivity contribution in [3.8, 4) is 0 Å². The molecule has 2 atom stereocenters. The number of piperidine rings is 1. The topological polar surface area (TPSA) is 51.0 Å². The van der Waals surface area contributed by atoms with Crippen molar-refractivity contribution in [1.82, 2.24) is 19.7 Å². The lowest BCUT2D eigenvalue weighted by molar-refractivity contribution is -0.126. The van der Waals surface area contributed by atoms with Crippen molar-refractivity contribution in [3.05, 3.63) is 89.3 Å². The van der Waals surface area contributed by atoms with Crippen molar-refractivity contribution in [2.75, 3.05) is 13.1 Å². The molecule has 2 unspecified atom stereocenters. The second-order valence-corrected chi connectivity index (χ2v) is 9.48. The van der Waals surface area contributed by atoms with Crippen LogP contribution in [0.15, 0.2) is 66.5 Å². The highest BCUT2D eigenvalue weighted by molar-refractivity contribution is 7.81. The summed E-state index contributed by atoms with van der Waals surface area (Å²) in [4.78, 5) is 19.7. The van der Waals surface area contributed by atoms with E-state index in [2.05, 4.69) is 21.1 Å². The zero-order chi connectivity index (χ0) is 22.8. The van der Waals surface area contributed by atoms with Crippen LogP contribution in [0.1, 0.15) is 42.3 Å². The number of hydrogen-bond acceptors (Lipinski definition) is 5. The van der Waals surface area contributed by atoms with Crippen molar-refractivity contribution in [1.29, 1.82) is 0 Å². The first-order valence-electron chi connectivity index (χ1n) is 11.4. The van der Waals surface area contributed by atoms with Gasteiger partial charge in [-0.1, -0.05) is 24.3 Å². The van der Waals surface area contributed by atoms with Crippen LogP contribution < -0.4 is 0 Å². The average Bonchev–Trinajstić information content (AvgIpc) is 3.59. The number of nitrogens with zero attached hydrogens (tertiary/aromatic N) is 4. The number of pyridine rings is 1. The zero-order valence-electron chi connectivity index (χ0n) is 19.2. The number of benzene rings is 1. The summed E-state index contributed by atoms with van der Waals surface area (Å²) in [6.07, 6.45) is 8.38. The van der Waals surface area contributed by atoms with Crippen molar-refractivity contribution >= 4 is 49.3 Å². The predicted molar refractivity (Wildman–Crippen MR) is 144 cm³/mol. The maximum Gasteiger partial charge on any atom is 0.157 e. The Bertz CT molecular complexity index is 1170. The van der Waals surface area contributed by atoms with E-state index in [1.165, 1.54) is 6.07 Å². The first kappa shape index (κ1) is 27.4. The molecule has 3 aromatic rings. The molecule has 0 N–H and O–H groups in total. The van der Waals surface area contributed by atoms with Gasteiger partial charge in [0, 0.05) is 42.2 Å². The number of hydrogen-bond donors (Lipinski definition) is 1. The van der Waals surface area contributed by atoms with Crippen molar-refractivity contribution in [3.63, 3.8) is 0 Å². The number of Topliss-reactive ketones (excluding diaryl/α,β-unsaturated/α-hetero) is 1. The van der Waals surface area contributed by atoms with E-state index < -0.39 is 6.04 Å². The smallest absolute Gasteiger partial charge is 0.157 e. The lowest BCUT2D eigenvalue weighted by Gasteiger charge is -2.37. The fraction of sp³-hybridized carbons (Fsp3) is 0.346. The van der Waals surface area contributed by atoms with Crippen molar-refractivity contribution in [2.24, 2.45) is 5.92 Å². The Kier molecular flexibility index (Phi) is 9.53. The van der Waals surface area contributed by atoms with Crippen LogP contribution >= 0.6 is 37.4 Å². The first-order chi connectivity index (χ1) is 16.1. The molecule has 2 aliphatic rings. The summed E-state index contributed by atoms with van der Waals surface area (Å²) in [5, 5.41) is 4.75. The molecular weight excluding hydrogens is 506 g/mol. The van der Waals surface area contributed by atoms with E-state index >= 15 is 0 Å². The molecule has 0 radical (unpaired) electrons.